The van der Waals surface area contributed by atoms with E-state index in [0.717, 1.165) is 12.8 Å². The lowest BCUT2D eigenvalue weighted by Gasteiger charge is -2.16. The summed E-state index contributed by atoms with van der Waals surface area (Å²) >= 11 is 0. The smallest absolute Gasteiger partial charge is 0.305 e. The van der Waals surface area contributed by atoms with Crippen molar-refractivity contribution < 1.29 is 9.90 Å². The maximum atomic E-state index is 11.2. The summed E-state index contributed by atoms with van der Waals surface area (Å²) in [5.41, 5.74) is -0.245. The summed E-state index contributed by atoms with van der Waals surface area (Å²) in [7, 11) is 0. The summed E-state index contributed by atoms with van der Waals surface area (Å²) < 4.78 is 0. The van der Waals surface area contributed by atoms with E-state index in [1.54, 1.807) is 6.92 Å². The molecular formula is C11H17N3O3. The van der Waals surface area contributed by atoms with E-state index in [0.29, 0.717) is 11.6 Å². The quantitative estimate of drug-likeness (QED) is 0.691. The molecule has 1 aromatic rings. The van der Waals surface area contributed by atoms with Crippen molar-refractivity contribution in [1.82, 2.24) is 9.97 Å². The van der Waals surface area contributed by atoms with Crippen molar-refractivity contribution >= 4 is 11.8 Å². The van der Waals surface area contributed by atoms with E-state index in [9.17, 15) is 9.59 Å². The highest BCUT2D eigenvalue weighted by atomic mass is 16.4. The standard InChI is InChI=1S/C11H17N3O3/c1-3-4-8(5-11(16)17)14-9-6-10(15)13-7(2)12-9/h6,8H,3-5H2,1-2H3,(H,16,17)(H2,12,13,14,15). The molecule has 0 amide bonds. The average molecular weight is 239 g/mol. The fraction of sp³-hybridized carbons (Fsp3) is 0.545. The van der Waals surface area contributed by atoms with Crippen LogP contribution in [0.5, 0.6) is 0 Å². The third-order valence-corrected chi connectivity index (χ3v) is 2.27. The second-order valence-electron chi connectivity index (χ2n) is 3.94. The van der Waals surface area contributed by atoms with Crippen molar-refractivity contribution in [2.45, 2.75) is 39.2 Å². The monoisotopic (exact) mass is 239 g/mol. The Labute approximate surface area is 99.1 Å². The molecule has 0 saturated heterocycles. The van der Waals surface area contributed by atoms with Crippen LogP contribution in [0.25, 0.3) is 0 Å². The number of rotatable bonds is 6. The predicted octanol–water partition coefficient (Wildman–Crippen LogP) is 1.13. The molecule has 1 rings (SSSR count). The van der Waals surface area contributed by atoms with Gasteiger partial charge in [0.25, 0.3) is 5.56 Å². The number of carboxylic acid groups (broad SMARTS) is 1. The molecule has 1 atom stereocenters. The second kappa shape index (κ2) is 6.03. The molecule has 1 unspecified atom stereocenters. The number of carbonyl (C=O) groups is 1. The fourth-order valence-corrected chi connectivity index (χ4v) is 1.65. The van der Waals surface area contributed by atoms with Gasteiger partial charge in [0.2, 0.25) is 0 Å². The van der Waals surface area contributed by atoms with Gasteiger partial charge in [0.15, 0.2) is 0 Å². The summed E-state index contributed by atoms with van der Waals surface area (Å²) in [5, 5.41) is 11.8. The lowest BCUT2D eigenvalue weighted by Crippen LogP contribution is -2.25. The Morgan fingerprint density at radius 1 is 1.65 bits per heavy atom. The predicted molar refractivity (Wildman–Crippen MR) is 64.2 cm³/mol. The summed E-state index contributed by atoms with van der Waals surface area (Å²) in [6.45, 7) is 3.66. The zero-order chi connectivity index (χ0) is 12.8. The van der Waals surface area contributed by atoms with Crippen LogP contribution in [0.15, 0.2) is 10.9 Å². The Hall–Kier alpha value is -1.85. The first-order valence-corrected chi connectivity index (χ1v) is 5.57. The van der Waals surface area contributed by atoms with Crippen molar-refractivity contribution in [3.05, 3.63) is 22.2 Å². The molecule has 0 bridgehead atoms. The summed E-state index contributed by atoms with van der Waals surface area (Å²) in [6.07, 6.45) is 1.61. The largest absolute Gasteiger partial charge is 0.481 e. The van der Waals surface area contributed by atoms with E-state index in [1.807, 2.05) is 6.92 Å². The van der Waals surface area contributed by atoms with Crippen molar-refractivity contribution in [3.63, 3.8) is 0 Å². The average Bonchev–Trinajstić information content (AvgIpc) is 2.14. The number of hydrogen-bond donors (Lipinski definition) is 3. The number of carboxylic acids is 1. The highest BCUT2D eigenvalue weighted by molar-refractivity contribution is 5.68. The van der Waals surface area contributed by atoms with Gasteiger partial charge in [0.1, 0.15) is 11.6 Å². The lowest BCUT2D eigenvalue weighted by atomic mass is 10.1. The van der Waals surface area contributed by atoms with E-state index < -0.39 is 5.97 Å². The molecule has 0 aliphatic rings. The fourth-order valence-electron chi connectivity index (χ4n) is 1.65. The third-order valence-electron chi connectivity index (χ3n) is 2.27. The number of hydrogen-bond acceptors (Lipinski definition) is 4. The Morgan fingerprint density at radius 2 is 2.35 bits per heavy atom. The van der Waals surface area contributed by atoms with Crippen LogP contribution in [0.1, 0.15) is 32.0 Å². The number of aliphatic carboxylic acids is 1. The van der Waals surface area contributed by atoms with Crippen LogP contribution in [-0.4, -0.2) is 27.1 Å². The topological polar surface area (TPSA) is 95.1 Å². The van der Waals surface area contributed by atoms with Crippen LogP contribution in [-0.2, 0) is 4.79 Å². The van der Waals surface area contributed by atoms with Gasteiger partial charge in [-0.05, 0) is 13.3 Å². The SMILES string of the molecule is CCCC(CC(=O)O)Nc1cc(=O)[nH]c(C)n1. The van der Waals surface area contributed by atoms with Crippen LogP contribution < -0.4 is 10.9 Å². The Kier molecular flexibility index (Phi) is 4.68. The zero-order valence-corrected chi connectivity index (χ0v) is 9.99. The molecule has 0 spiro atoms. The normalized spacial score (nSPS) is 12.1. The van der Waals surface area contributed by atoms with Crippen LogP contribution >= 0.6 is 0 Å². The highest BCUT2D eigenvalue weighted by Crippen LogP contribution is 2.09. The molecule has 17 heavy (non-hydrogen) atoms. The first-order chi connectivity index (χ1) is 8.01. The molecule has 3 N–H and O–H groups in total. The minimum absolute atomic E-state index is 0.0152. The van der Waals surface area contributed by atoms with Gasteiger partial charge in [-0.2, -0.15) is 0 Å². The first-order valence-electron chi connectivity index (χ1n) is 5.57. The Bertz CT molecular complexity index is 442. The van der Waals surface area contributed by atoms with E-state index in [1.165, 1.54) is 6.07 Å². The van der Waals surface area contributed by atoms with Crippen LogP contribution in [0.3, 0.4) is 0 Å². The molecule has 0 fully saturated rings. The number of aryl methyl sites for hydroxylation is 1. The van der Waals surface area contributed by atoms with Crippen molar-refractivity contribution in [2.24, 2.45) is 0 Å². The van der Waals surface area contributed by atoms with E-state index >= 15 is 0 Å². The molecule has 1 aromatic heterocycles. The maximum absolute atomic E-state index is 11.2. The molecule has 0 saturated carbocycles. The van der Waals surface area contributed by atoms with Gasteiger partial charge in [-0.15, -0.1) is 0 Å². The van der Waals surface area contributed by atoms with Gasteiger partial charge >= 0.3 is 5.97 Å². The summed E-state index contributed by atoms with van der Waals surface area (Å²) in [4.78, 5) is 28.5. The molecule has 0 radical (unpaired) electrons. The van der Waals surface area contributed by atoms with Crippen LogP contribution in [0.2, 0.25) is 0 Å². The number of anilines is 1. The van der Waals surface area contributed by atoms with Gasteiger partial charge in [-0.1, -0.05) is 13.3 Å². The third kappa shape index (κ3) is 4.67. The molecule has 0 aliphatic carbocycles. The number of nitrogens with zero attached hydrogens (tertiary/aromatic N) is 1. The number of aromatic amines is 1. The number of nitrogens with one attached hydrogen (secondary N) is 2. The minimum Gasteiger partial charge on any atom is -0.481 e. The first kappa shape index (κ1) is 13.2. The second-order valence-corrected chi connectivity index (χ2v) is 3.94. The van der Waals surface area contributed by atoms with E-state index in [-0.39, 0.29) is 18.0 Å². The van der Waals surface area contributed by atoms with Gasteiger partial charge in [-0.25, -0.2) is 4.98 Å². The van der Waals surface area contributed by atoms with Gasteiger partial charge in [0, 0.05) is 12.1 Å². The maximum Gasteiger partial charge on any atom is 0.305 e. The number of H-pyrrole nitrogens is 1. The Balaban J connectivity index is 2.77. The molecule has 94 valence electrons. The van der Waals surface area contributed by atoms with Crippen molar-refractivity contribution in [2.75, 3.05) is 5.32 Å². The molecule has 1 heterocycles. The van der Waals surface area contributed by atoms with Crippen molar-refractivity contribution in [3.8, 4) is 0 Å². The molecule has 0 aliphatic heterocycles. The highest BCUT2D eigenvalue weighted by Gasteiger charge is 2.13. The lowest BCUT2D eigenvalue weighted by molar-refractivity contribution is -0.137. The van der Waals surface area contributed by atoms with Crippen molar-refractivity contribution in [1.29, 1.82) is 0 Å². The summed E-state index contributed by atoms with van der Waals surface area (Å²) in [5.74, 6) is 0.0639. The molecular weight excluding hydrogens is 222 g/mol. The van der Waals surface area contributed by atoms with Gasteiger partial charge in [-0.3, -0.25) is 9.59 Å². The molecule has 6 nitrogen and oxygen atoms in total. The molecule has 0 aromatic carbocycles. The van der Waals surface area contributed by atoms with Gasteiger partial charge < -0.3 is 15.4 Å². The van der Waals surface area contributed by atoms with E-state index in [2.05, 4.69) is 15.3 Å². The Morgan fingerprint density at radius 3 is 2.88 bits per heavy atom. The van der Waals surface area contributed by atoms with Gasteiger partial charge in [0.05, 0.1) is 6.42 Å². The zero-order valence-electron chi connectivity index (χ0n) is 9.99. The van der Waals surface area contributed by atoms with Crippen LogP contribution in [0, 0.1) is 6.92 Å². The van der Waals surface area contributed by atoms with Crippen LogP contribution in [0.4, 0.5) is 5.82 Å². The molecule has 6 heteroatoms. The summed E-state index contributed by atoms with van der Waals surface area (Å²) in [6, 6.07) is 1.13. The van der Waals surface area contributed by atoms with E-state index in [4.69, 9.17) is 5.11 Å². The minimum atomic E-state index is -0.863. The number of aromatic nitrogens is 2.